The standard InChI is InChI=1S/C21H25FN2O4/c22-17-8-15(4-6-18(17)23-10-21(11-23)12-27-13-21)24-9-16(28-20(24)26)5-7-19(25)14-2-1-3-14/h4,6,8,14,16H,1-3,5,7,9-13H2/t16-/m0/s1. The number of halogens is 1. The Balaban J connectivity index is 1.19. The van der Waals surface area contributed by atoms with Gasteiger partial charge in [0.1, 0.15) is 17.7 Å². The van der Waals surface area contributed by atoms with Gasteiger partial charge in [-0.05, 0) is 37.5 Å². The zero-order chi connectivity index (χ0) is 19.3. The molecule has 1 saturated carbocycles. The van der Waals surface area contributed by atoms with E-state index in [2.05, 4.69) is 0 Å². The summed E-state index contributed by atoms with van der Waals surface area (Å²) in [4.78, 5) is 27.8. The van der Waals surface area contributed by atoms with Crippen LogP contribution in [0.25, 0.3) is 0 Å². The zero-order valence-corrected chi connectivity index (χ0v) is 15.9. The molecule has 1 amide bonds. The van der Waals surface area contributed by atoms with Crippen LogP contribution >= 0.6 is 0 Å². The first kappa shape index (κ1) is 17.9. The van der Waals surface area contributed by atoms with Crippen molar-refractivity contribution in [3.8, 4) is 0 Å². The van der Waals surface area contributed by atoms with Crippen LogP contribution in [0.2, 0.25) is 0 Å². The molecule has 3 aliphatic heterocycles. The summed E-state index contributed by atoms with van der Waals surface area (Å²) in [6, 6.07) is 4.91. The molecule has 1 aliphatic carbocycles. The molecule has 5 rings (SSSR count). The molecule has 1 aromatic rings. The fourth-order valence-corrected chi connectivity index (χ4v) is 4.55. The number of hydrogen-bond donors (Lipinski definition) is 0. The Kier molecular flexibility index (Phi) is 4.30. The molecule has 0 unspecified atom stereocenters. The third-order valence-electron chi connectivity index (χ3n) is 6.60. The molecule has 1 spiro atoms. The number of hydrogen-bond acceptors (Lipinski definition) is 5. The van der Waals surface area contributed by atoms with Crippen LogP contribution < -0.4 is 9.80 Å². The van der Waals surface area contributed by atoms with Gasteiger partial charge in [0.15, 0.2) is 0 Å². The summed E-state index contributed by atoms with van der Waals surface area (Å²) < 4.78 is 25.3. The molecule has 0 radical (unpaired) electrons. The minimum absolute atomic E-state index is 0.210. The second-order valence-corrected chi connectivity index (χ2v) is 8.73. The zero-order valence-electron chi connectivity index (χ0n) is 15.9. The molecule has 6 nitrogen and oxygen atoms in total. The van der Waals surface area contributed by atoms with Crippen LogP contribution in [-0.2, 0) is 14.3 Å². The van der Waals surface area contributed by atoms with Crippen LogP contribution in [0.1, 0.15) is 32.1 Å². The van der Waals surface area contributed by atoms with Gasteiger partial charge in [-0.2, -0.15) is 0 Å². The smallest absolute Gasteiger partial charge is 0.414 e. The van der Waals surface area contributed by atoms with E-state index in [0.717, 1.165) is 45.6 Å². The van der Waals surface area contributed by atoms with Crippen molar-refractivity contribution in [2.24, 2.45) is 11.3 Å². The van der Waals surface area contributed by atoms with Crippen LogP contribution in [0.4, 0.5) is 20.6 Å². The van der Waals surface area contributed by atoms with Gasteiger partial charge in [0.2, 0.25) is 0 Å². The quantitative estimate of drug-likeness (QED) is 0.749. The molecule has 150 valence electrons. The Hall–Kier alpha value is -2.15. The highest BCUT2D eigenvalue weighted by atomic mass is 19.1. The van der Waals surface area contributed by atoms with Crippen molar-refractivity contribution in [1.29, 1.82) is 0 Å². The van der Waals surface area contributed by atoms with Crippen LogP contribution in [0.5, 0.6) is 0 Å². The number of nitrogens with zero attached hydrogens (tertiary/aromatic N) is 2. The molecule has 1 aromatic carbocycles. The molecule has 3 heterocycles. The number of carbonyl (C=O) groups excluding carboxylic acids is 2. The maximum atomic E-state index is 14.7. The monoisotopic (exact) mass is 388 g/mol. The Bertz CT molecular complexity index is 798. The minimum atomic E-state index is -0.470. The fraction of sp³-hybridized carbons (Fsp3) is 0.619. The first-order valence-electron chi connectivity index (χ1n) is 10.2. The molecule has 1 atom stereocenters. The van der Waals surface area contributed by atoms with Gasteiger partial charge in [-0.1, -0.05) is 6.42 Å². The van der Waals surface area contributed by atoms with Crippen molar-refractivity contribution in [1.82, 2.24) is 0 Å². The first-order valence-corrected chi connectivity index (χ1v) is 10.2. The molecule has 28 heavy (non-hydrogen) atoms. The number of Topliss-reactive ketones (excluding diaryl/α,β-unsaturated/α-hetero) is 1. The van der Waals surface area contributed by atoms with Crippen molar-refractivity contribution in [2.45, 2.75) is 38.2 Å². The molecular weight excluding hydrogens is 363 g/mol. The lowest BCUT2D eigenvalue weighted by Crippen LogP contribution is -2.66. The maximum Gasteiger partial charge on any atom is 0.414 e. The van der Waals surface area contributed by atoms with E-state index < -0.39 is 6.09 Å². The molecule has 7 heteroatoms. The fourth-order valence-electron chi connectivity index (χ4n) is 4.55. The highest BCUT2D eigenvalue weighted by molar-refractivity contribution is 5.90. The molecule has 3 saturated heterocycles. The van der Waals surface area contributed by atoms with Gasteiger partial charge in [0, 0.05) is 25.4 Å². The Labute approximate surface area is 163 Å². The van der Waals surface area contributed by atoms with Crippen LogP contribution in [0.15, 0.2) is 18.2 Å². The van der Waals surface area contributed by atoms with Gasteiger partial charge in [0.25, 0.3) is 0 Å². The predicted molar refractivity (Wildman–Crippen MR) is 101 cm³/mol. The van der Waals surface area contributed by atoms with Crippen molar-refractivity contribution in [3.63, 3.8) is 0 Å². The highest BCUT2D eigenvalue weighted by Crippen LogP contribution is 2.41. The van der Waals surface area contributed by atoms with Crippen molar-refractivity contribution in [3.05, 3.63) is 24.0 Å². The van der Waals surface area contributed by atoms with E-state index in [1.165, 1.54) is 11.0 Å². The van der Waals surface area contributed by atoms with E-state index in [1.54, 1.807) is 12.1 Å². The Morgan fingerprint density at radius 2 is 2.04 bits per heavy atom. The summed E-state index contributed by atoms with van der Waals surface area (Å²) in [7, 11) is 0. The van der Waals surface area contributed by atoms with Gasteiger partial charge >= 0.3 is 6.09 Å². The summed E-state index contributed by atoms with van der Waals surface area (Å²) in [6.07, 6.45) is 3.32. The molecule has 0 N–H and O–H groups in total. The van der Waals surface area contributed by atoms with Gasteiger partial charge in [0.05, 0.1) is 36.5 Å². The summed E-state index contributed by atoms with van der Waals surface area (Å²) >= 11 is 0. The first-order chi connectivity index (χ1) is 13.5. The third kappa shape index (κ3) is 3.05. The number of benzene rings is 1. The van der Waals surface area contributed by atoms with Crippen LogP contribution in [0, 0.1) is 17.2 Å². The van der Waals surface area contributed by atoms with Gasteiger partial charge in [-0.15, -0.1) is 0 Å². The normalized spacial score (nSPS) is 25.9. The second-order valence-electron chi connectivity index (χ2n) is 8.73. The topological polar surface area (TPSA) is 59.1 Å². The number of cyclic esters (lactones) is 1. The van der Waals surface area contributed by atoms with E-state index in [9.17, 15) is 14.0 Å². The largest absolute Gasteiger partial charge is 0.444 e. The molecular formula is C21H25FN2O4. The molecule has 0 aromatic heterocycles. The van der Waals surface area contributed by atoms with E-state index in [-0.39, 0.29) is 29.0 Å². The average Bonchev–Trinajstić information content (AvgIpc) is 2.91. The van der Waals surface area contributed by atoms with Crippen molar-refractivity contribution >= 4 is 23.3 Å². The van der Waals surface area contributed by atoms with E-state index in [1.807, 2.05) is 4.90 Å². The van der Waals surface area contributed by atoms with Gasteiger partial charge in [-0.25, -0.2) is 9.18 Å². The molecule has 4 aliphatic rings. The van der Waals surface area contributed by atoms with Crippen molar-refractivity contribution in [2.75, 3.05) is 42.6 Å². The maximum absolute atomic E-state index is 14.7. The number of ether oxygens (including phenoxy) is 2. The third-order valence-corrected chi connectivity index (χ3v) is 6.60. The minimum Gasteiger partial charge on any atom is -0.444 e. The second kappa shape index (κ2) is 6.72. The van der Waals surface area contributed by atoms with E-state index in [0.29, 0.717) is 30.8 Å². The van der Waals surface area contributed by atoms with E-state index in [4.69, 9.17) is 9.47 Å². The van der Waals surface area contributed by atoms with Crippen LogP contribution in [-0.4, -0.2) is 50.8 Å². The molecule has 4 fully saturated rings. The average molecular weight is 388 g/mol. The Morgan fingerprint density at radius 1 is 1.25 bits per heavy atom. The van der Waals surface area contributed by atoms with Crippen LogP contribution in [0.3, 0.4) is 0 Å². The summed E-state index contributed by atoms with van der Waals surface area (Å²) in [5, 5.41) is 0. The number of amides is 1. The van der Waals surface area contributed by atoms with Gasteiger partial charge < -0.3 is 14.4 Å². The van der Waals surface area contributed by atoms with E-state index >= 15 is 0 Å². The van der Waals surface area contributed by atoms with Crippen molar-refractivity contribution < 1.29 is 23.5 Å². The summed E-state index contributed by atoms with van der Waals surface area (Å²) in [5.74, 6) is 0.159. The van der Waals surface area contributed by atoms with Gasteiger partial charge in [-0.3, -0.25) is 9.69 Å². The lowest BCUT2D eigenvalue weighted by atomic mass is 9.78. The Morgan fingerprint density at radius 3 is 2.64 bits per heavy atom. The lowest BCUT2D eigenvalue weighted by Gasteiger charge is -2.56. The number of anilines is 2. The number of ketones is 1. The highest BCUT2D eigenvalue weighted by Gasteiger charge is 2.49. The molecule has 0 bridgehead atoms. The predicted octanol–water partition coefficient (Wildman–Crippen LogP) is 3.14. The SMILES string of the molecule is O=C(CC[C@H]1CN(c2ccc(N3CC4(COC4)C3)c(F)c2)C(=O)O1)C1CCC1. The summed E-state index contributed by atoms with van der Waals surface area (Å²) in [5.41, 5.74) is 1.28. The summed E-state index contributed by atoms with van der Waals surface area (Å²) in [6.45, 7) is 3.50. The lowest BCUT2D eigenvalue weighted by molar-refractivity contribution is -0.127. The number of carbonyl (C=O) groups is 2. The number of rotatable bonds is 6.